The fraction of sp³-hybridized carbons (Fsp3) is 0.500. The highest BCUT2D eigenvalue weighted by atomic mass is 16.5. The van der Waals surface area contributed by atoms with E-state index in [1.54, 1.807) is 12.4 Å². The molecule has 4 aromatic rings. The van der Waals surface area contributed by atoms with Gasteiger partial charge in [0, 0.05) is 30.9 Å². The Hall–Kier alpha value is -3.39. The molecule has 2 N–H and O–H groups in total. The number of likely N-dealkylation sites (tertiary alicyclic amines) is 1. The average molecular weight is 517 g/mol. The van der Waals surface area contributed by atoms with Crippen molar-refractivity contribution in [3.63, 3.8) is 0 Å². The van der Waals surface area contributed by atoms with Crippen LogP contribution in [0.25, 0.3) is 21.9 Å². The molecule has 202 valence electrons. The van der Waals surface area contributed by atoms with Gasteiger partial charge in [-0.25, -0.2) is 14.8 Å². The number of amides is 1. The van der Waals surface area contributed by atoms with Crippen LogP contribution in [0.4, 0.5) is 10.6 Å². The summed E-state index contributed by atoms with van der Waals surface area (Å²) in [6.07, 6.45) is 8.65. The fourth-order valence-corrected chi connectivity index (χ4v) is 5.63. The molecule has 38 heavy (non-hydrogen) atoms. The maximum absolute atomic E-state index is 12.9. The highest BCUT2D eigenvalue weighted by Gasteiger charge is 2.30. The Balaban J connectivity index is 1.41. The van der Waals surface area contributed by atoms with Gasteiger partial charge in [0.2, 0.25) is 0 Å². The van der Waals surface area contributed by atoms with Gasteiger partial charge in [0.25, 0.3) is 0 Å². The van der Waals surface area contributed by atoms with Gasteiger partial charge in [-0.2, -0.15) is 0 Å². The third-order valence-corrected chi connectivity index (χ3v) is 8.05. The van der Waals surface area contributed by atoms with Gasteiger partial charge in [0.05, 0.1) is 23.6 Å². The van der Waals surface area contributed by atoms with Crippen LogP contribution in [0.2, 0.25) is 0 Å². The topological polar surface area (TPSA) is 88.1 Å². The summed E-state index contributed by atoms with van der Waals surface area (Å²) in [5.41, 5.74) is 3.06. The van der Waals surface area contributed by atoms with Gasteiger partial charge in [0.1, 0.15) is 5.82 Å². The molecule has 0 spiro atoms. The molecule has 8 heteroatoms. The van der Waals surface area contributed by atoms with E-state index in [2.05, 4.69) is 81.1 Å². The molecule has 1 aliphatic heterocycles. The van der Waals surface area contributed by atoms with Gasteiger partial charge in [-0.05, 0) is 42.9 Å². The summed E-state index contributed by atoms with van der Waals surface area (Å²) in [5.74, 6) is 1.47. The van der Waals surface area contributed by atoms with E-state index in [9.17, 15) is 4.79 Å². The van der Waals surface area contributed by atoms with Crippen molar-refractivity contribution in [1.82, 2.24) is 24.6 Å². The Bertz CT molecular complexity index is 1350. The Kier molecular flexibility index (Phi) is 8.27. The summed E-state index contributed by atoms with van der Waals surface area (Å²) in [6.45, 7) is 9.99. The minimum atomic E-state index is -0.432. The lowest BCUT2D eigenvalue weighted by molar-refractivity contribution is 0.122. The van der Waals surface area contributed by atoms with Crippen LogP contribution in [-0.4, -0.2) is 50.4 Å². The molecule has 5 rings (SSSR count). The van der Waals surface area contributed by atoms with Crippen LogP contribution in [0.3, 0.4) is 0 Å². The third kappa shape index (κ3) is 5.70. The van der Waals surface area contributed by atoms with E-state index >= 15 is 0 Å². The number of aromatic nitrogens is 4. The number of hydrogen-bond acceptors (Lipinski definition) is 5. The number of unbranched alkanes of at least 4 members (excludes halogenated alkanes) is 1. The van der Waals surface area contributed by atoms with Gasteiger partial charge >= 0.3 is 6.09 Å². The van der Waals surface area contributed by atoms with Crippen LogP contribution in [0.15, 0.2) is 48.8 Å². The average Bonchev–Trinajstić information content (AvgIpc) is 3.55. The van der Waals surface area contributed by atoms with Gasteiger partial charge in [-0.3, -0.25) is 20.0 Å². The van der Waals surface area contributed by atoms with Crippen LogP contribution in [0, 0.1) is 11.8 Å². The zero-order chi connectivity index (χ0) is 26.5. The van der Waals surface area contributed by atoms with Crippen molar-refractivity contribution in [3.05, 3.63) is 54.4 Å². The highest BCUT2D eigenvalue weighted by molar-refractivity contribution is 6.08. The lowest BCUT2D eigenvalue weighted by Gasteiger charge is -2.38. The van der Waals surface area contributed by atoms with E-state index in [1.165, 1.54) is 5.56 Å². The second-order valence-electron chi connectivity index (χ2n) is 10.8. The Morgan fingerprint density at radius 2 is 2.03 bits per heavy atom. The van der Waals surface area contributed by atoms with Gasteiger partial charge in [-0.1, -0.05) is 70.4 Å². The number of piperidine rings is 1. The highest BCUT2D eigenvalue weighted by Crippen LogP contribution is 2.36. The first kappa shape index (κ1) is 26.2. The molecule has 1 amide bonds. The summed E-state index contributed by atoms with van der Waals surface area (Å²) in [6, 6.07) is 12.9. The quantitative estimate of drug-likeness (QED) is 0.243. The van der Waals surface area contributed by atoms with Crippen molar-refractivity contribution < 1.29 is 9.53 Å². The number of H-pyrrole nitrogens is 1. The molecule has 8 nitrogen and oxygen atoms in total. The number of rotatable bonds is 10. The first-order valence-electron chi connectivity index (χ1n) is 14.1. The maximum atomic E-state index is 12.9. The van der Waals surface area contributed by atoms with Crippen LogP contribution < -0.4 is 5.32 Å². The van der Waals surface area contributed by atoms with Crippen LogP contribution in [0.5, 0.6) is 0 Å². The van der Waals surface area contributed by atoms with Gasteiger partial charge in [-0.15, -0.1) is 0 Å². The largest absolute Gasteiger partial charge is 0.449 e. The molecule has 1 unspecified atom stereocenters. The van der Waals surface area contributed by atoms with Crippen molar-refractivity contribution in [3.8, 4) is 0 Å². The number of anilines is 1. The van der Waals surface area contributed by atoms with Crippen molar-refractivity contribution >= 4 is 33.8 Å². The van der Waals surface area contributed by atoms with E-state index in [4.69, 9.17) is 4.74 Å². The van der Waals surface area contributed by atoms with E-state index in [0.29, 0.717) is 29.9 Å². The van der Waals surface area contributed by atoms with E-state index in [1.807, 2.05) is 6.07 Å². The minimum absolute atomic E-state index is 0.209. The lowest BCUT2D eigenvalue weighted by atomic mass is 9.93. The monoisotopic (exact) mass is 516 g/mol. The standard InChI is InChI=1S/C30H40N6O2/c1-4-6-10-22(5-2)20-38-30(37)33-29-25-17-32-28-24(13-15-31-28)27(25)36(34-29)26-19-35(16-14-21(26)3)18-23-11-8-7-9-12-23/h7-9,11-13,15,17,21-22,26,34H,4-6,10,14,16,18-20H2,1-3H3,(H,33,37)/t21-,22?,26+/m1/s1. The van der Waals surface area contributed by atoms with Crippen molar-refractivity contribution in [2.75, 3.05) is 25.0 Å². The molecular weight excluding hydrogens is 476 g/mol. The number of carbonyl (C=O) groups excluding carboxylic acids is 1. The number of pyridine rings is 1. The van der Waals surface area contributed by atoms with E-state index < -0.39 is 6.09 Å². The molecule has 1 fully saturated rings. The molecular formula is C30H40N6O2. The molecule has 0 bridgehead atoms. The number of fused-ring (bicyclic) bond motifs is 3. The Morgan fingerprint density at radius 3 is 2.82 bits per heavy atom. The van der Waals surface area contributed by atoms with Crippen LogP contribution in [-0.2, 0) is 11.3 Å². The first-order valence-corrected chi connectivity index (χ1v) is 14.1. The second-order valence-corrected chi connectivity index (χ2v) is 10.8. The van der Waals surface area contributed by atoms with Crippen molar-refractivity contribution in [2.24, 2.45) is 11.8 Å². The minimum Gasteiger partial charge on any atom is -0.449 e. The number of nitrogens with one attached hydrogen (secondary N) is 2. The molecule has 1 aromatic carbocycles. The molecule has 0 aliphatic carbocycles. The van der Waals surface area contributed by atoms with E-state index in [0.717, 1.165) is 68.0 Å². The smallest absolute Gasteiger partial charge is 0.412 e. The van der Waals surface area contributed by atoms with Crippen molar-refractivity contribution in [1.29, 1.82) is 0 Å². The molecule has 4 heterocycles. The SMILES string of the molecule is CCCCC(CC)COC(=O)Nc1[nH]n([C@H]2CN(Cc3ccccc3)CC[C@H]2C)c2c1cnc1nccc12. The normalized spacial score (nSPS) is 19.1. The zero-order valence-electron chi connectivity index (χ0n) is 22.8. The summed E-state index contributed by atoms with van der Waals surface area (Å²) < 4.78 is 7.89. The summed E-state index contributed by atoms with van der Waals surface area (Å²) in [7, 11) is 0. The lowest BCUT2D eigenvalue weighted by Crippen LogP contribution is -2.40. The molecule has 0 radical (unpaired) electrons. The molecule has 1 aliphatic rings. The van der Waals surface area contributed by atoms with Gasteiger partial charge < -0.3 is 4.74 Å². The zero-order valence-corrected chi connectivity index (χ0v) is 22.8. The fourth-order valence-electron chi connectivity index (χ4n) is 5.63. The Labute approximate surface area is 224 Å². The molecule has 3 atom stereocenters. The summed E-state index contributed by atoms with van der Waals surface area (Å²) in [4.78, 5) is 24.4. The number of benzene rings is 1. The number of aromatic amines is 1. The molecule has 3 aromatic heterocycles. The van der Waals surface area contributed by atoms with Crippen LogP contribution >= 0.6 is 0 Å². The number of carbonyl (C=O) groups is 1. The second kappa shape index (κ2) is 12.0. The predicted molar refractivity (Wildman–Crippen MR) is 152 cm³/mol. The number of hydrogen-bond donors (Lipinski definition) is 2. The summed E-state index contributed by atoms with van der Waals surface area (Å²) >= 11 is 0. The van der Waals surface area contributed by atoms with Gasteiger partial charge in [0.15, 0.2) is 5.65 Å². The Morgan fingerprint density at radius 1 is 1.18 bits per heavy atom. The first-order chi connectivity index (χ1) is 18.6. The number of ether oxygens (including phenoxy) is 1. The summed E-state index contributed by atoms with van der Waals surface area (Å²) in [5, 5.41) is 8.38. The number of nitrogens with zero attached hydrogens (tertiary/aromatic N) is 4. The predicted octanol–water partition coefficient (Wildman–Crippen LogP) is 6.76. The van der Waals surface area contributed by atoms with Crippen molar-refractivity contribution in [2.45, 2.75) is 65.5 Å². The maximum Gasteiger partial charge on any atom is 0.412 e. The molecule has 0 saturated carbocycles. The molecule has 1 saturated heterocycles. The van der Waals surface area contributed by atoms with E-state index in [-0.39, 0.29) is 6.04 Å². The third-order valence-electron chi connectivity index (χ3n) is 8.05. The van der Waals surface area contributed by atoms with Crippen LogP contribution in [0.1, 0.15) is 64.5 Å².